The number of hydrogen-bond donors (Lipinski definition) is 0. The largest absolute Gasteiger partial charge is 0.407 e. The van der Waals surface area contributed by atoms with Gasteiger partial charge in [0.1, 0.15) is 0 Å². The quantitative estimate of drug-likeness (QED) is 0.169. The highest BCUT2D eigenvalue weighted by molar-refractivity contribution is 5.99. The molecule has 35 heavy (non-hydrogen) atoms. The molecule has 188 valence electrons. The second-order valence-corrected chi connectivity index (χ2v) is 6.79. The number of allylic oxidation sites excluding steroid dienone is 5. The van der Waals surface area contributed by atoms with Crippen molar-refractivity contribution >= 4 is 17.1 Å². The molecule has 0 atom stereocenters. The molecule has 0 spiro atoms. The van der Waals surface area contributed by atoms with E-state index in [0.29, 0.717) is 0 Å². The van der Waals surface area contributed by atoms with E-state index in [4.69, 9.17) is 0 Å². The van der Waals surface area contributed by atoms with Crippen LogP contribution in [0.25, 0.3) is 10.9 Å². The van der Waals surface area contributed by atoms with Gasteiger partial charge in [-0.3, -0.25) is 9.98 Å². The van der Waals surface area contributed by atoms with E-state index in [2.05, 4.69) is 35.7 Å². The summed E-state index contributed by atoms with van der Waals surface area (Å²) < 4.78 is 83.3. The fourth-order valence-corrected chi connectivity index (χ4v) is 3.50. The highest BCUT2D eigenvalue weighted by Gasteiger charge is 2.70. The first-order valence-electron chi connectivity index (χ1n) is 10.2. The lowest BCUT2D eigenvalue weighted by Crippen LogP contribution is -2.50. The summed E-state index contributed by atoms with van der Waals surface area (Å²) in [4.78, 5) is 8.18. The summed E-state index contributed by atoms with van der Waals surface area (Å²) >= 11 is 0. The Labute approximate surface area is 202 Å². The van der Waals surface area contributed by atoms with Crippen molar-refractivity contribution in [2.75, 3.05) is 0 Å². The Balaban J connectivity index is 0.00000274. The molecular formula is C26H27F6N3. The molecule has 2 rings (SSSR count). The van der Waals surface area contributed by atoms with Crippen LogP contribution in [-0.4, -0.2) is 28.1 Å². The predicted octanol–water partition coefficient (Wildman–Crippen LogP) is 7.51. The standard InChI is InChI=1S/C22H23F6N3.2C2H2/c1-4-10-29-13-16-15-31(19-9-11-30-14-18(16)19)12-7-8-17(5-2)20(6-3,21(23,24)25)22(26,27)28;2*1-2/h4-5,7-11,13-15H,6,12H2,1-3H3;2*1-2H/b8-7-,10-4-,17-5+,29-13?;;. The Bertz CT molecular complexity index is 1070. The van der Waals surface area contributed by atoms with Crippen LogP contribution in [0.2, 0.25) is 0 Å². The van der Waals surface area contributed by atoms with Gasteiger partial charge in [-0.05, 0) is 31.9 Å². The van der Waals surface area contributed by atoms with Crippen LogP contribution in [0, 0.1) is 31.1 Å². The van der Waals surface area contributed by atoms with Crippen LogP contribution in [-0.2, 0) is 6.54 Å². The normalized spacial score (nSPS) is 13.1. The van der Waals surface area contributed by atoms with Crippen LogP contribution in [0.4, 0.5) is 26.3 Å². The maximum Gasteiger partial charge on any atom is 0.407 e. The maximum absolute atomic E-state index is 13.6. The highest BCUT2D eigenvalue weighted by atomic mass is 19.4. The fourth-order valence-electron chi connectivity index (χ4n) is 3.50. The second-order valence-electron chi connectivity index (χ2n) is 6.79. The molecule has 0 radical (unpaired) electrons. The molecule has 0 aliphatic carbocycles. The summed E-state index contributed by atoms with van der Waals surface area (Å²) in [5.74, 6) is 0. The second kappa shape index (κ2) is 13.9. The van der Waals surface area contributed by atoms with E-state index < -0.39 is 29.8 Å². The molecule has 0 aromatic carbocycles. The topological polar surface area (TPSA) is 30.2 Å². The van der Waals surface area contributed by atoms with Crippen molar-refractivity contribution in [3.05, 3.63) is 66.3 Å². The van der Waals surface area contributed by atoms with Crippen LogP contribution in [0.5, 0.6) is 0 Å². The number of alkyl halides is 6. The molecule has 2 aromatic rings. The molecule has 0 aliphatic heterocycles. The van der Waals surface area contributed by atoms with Gasteiger partial charge in [-0.25, -0.2) is 0 Å². The van der Waals surface area contributed by atoms with Gasteiger partial charge in [-0.2, -0.15) is 26.3 Å². The van der Waals surface area contributed by atoms with Crippen molar-refractivity contribution in [1.82, 2.24) is 9.55 Å². The zero-order chi connectivity index (χ0) is 27.3. The van der Waals surface area contributed by atoms with Crippen molar-refractivity contribution in [1.29, 1.82) is 0 Å². The summed E-state index contributed by atoms with van der Waals surface area (Å²) in [6.45, 7) is 3.95. The van der Waals surface area contributed by atoms with E-state index in [1.807, 2.05) is 6.92 Å². The zero-order valence-electron chi connectivity index (χ0n) is 19.6. The van der Waals surface area contributed by atoms with E-state index in [1.165, 1.54) is 13.0 Å². The average molecular weight is 496 g/mol. The van der Waals surface area contributed by atoms with Gasteiger partial charge in [-0.1, -0.05) is 31.2 Å². The smallest absolute Gasteiger partial charge is 0.343 e. The monoisotopic (exact) mass is 495 g/mol. The third-order valence-electron chi connectivity index (χ3n) is 5.06. The van der Waals surface area contributed by atoms with E-state index in [-0.39, 0.29) is 6.54 Å². The Morgan fingerprint density at radius 3 is 2.14 bits per heavy atom. The summed E-state index contributed by atoms with van der Waals surface area (Å²) in [6.07, 6.45) is 16.8. The maximum atomic E-state index is 13.6. The summed E-state index contributed by atoms with van der Waals surface area (Å²) in [5, 5.41) is 0.767. The molecule has 0 amide bonds. The summed E-state index contributed by atoms with van der Waals surface area (Å²) in [5.41, 5.74) is -3.28. The minimum absolute atomic E-state index is 0.0742. The van der Waals surface area contributed by atoms with Crippen LogP contribution in [0.15, 0.2) is 65.7 Å². The van der Waals surface area contributed by atoms with Gasteiger partial charge in [0.05, 0.1) is 5.52 Å². The number of pyridine rings is 1. The average Bonchev–Trinajstić information content (AvgIpc) is 3.17. The first-order chi connectivity index (χ1) is 16.5. The SMILES string of the molecule is C#C.C#C.C/C=C\N=Cc1cn(C/C=C\C(=C/C)C(CC)(C(F)(F)F)C(F)(F)F)c2ccncc12. The molecule has 0 aliphatic rings. The minimum Gasteiger partial charge on any atom is -0.343 e. The van der Waals surface area contributed by atoms with Gasteiger partial charge in [0, 0.05) is 48.5 Å². The van der Waals surface area contributed by atoms with E-state index >= 15 is 0 Å². The molecule has 9 heteroatoms. The number of fused-ring (bicyclic) bond motifs is 1. The Morgan fingerprint density at radius 2 is 1.66 bits per heavy atom. The zero-order valence-corrected chi connectivity index (χ0v) is 19.6. The van der Waals surface area contributed by atoms with Gasteiger partial charge in [0.2, 0.25) is 0 Å². The van der Waals surface area contributed by atoms with Crippen molar-refractivity contribution < 1.29 is 26.3 Å². The van der Waals surface area contributed by atoms with E-state index in [0.717, 1.165) is 35.5 Å². The van der Waals surface area contributed by atoms with Gasteiger partial charge in [-0.15, -0.1) is 25.7 Å². The van der Waals surface area contributed by atoms with Crippen LogP contribution in [0.3, 0.4) is 0 Å². The molecule has 2 heterocycles. The molecule has 0 bridgehead atoms. The molecular weight excluding hydrogens is 468 g/mol. The molecule has 0 fully saturated rings. The van der Waals surface area contributed by atoms with Crippen LogP contribution < -0.4 is 0 Å². The number of halogens is 6. The number of rotatable bonds is 7. The Morgan fingerprint density at radius 1 is 1.06 bits per heavy atom. The number of aromatic nitrogens is 2. The first kappa shape index (κ1) is 31.3. The Hall–Kier alpha value is -3.72. The molecule has 3 nitrogen and oxygen atoms in total. The highest BCUT2D eigenvalue weighted by Crippen LogP contribution is 2.57. The van der Waals surface area contributed by atoms with Gasteiger partial charge >= 0.3 is 12.4 Å². The number of aliphatic imine (C=N–C) groups is 1. The molecule has 2 aromatic heterocycles. The number of terminal acetylenes is 2. The van der Waals surface area contributed by atoms with E-state index in [9.17, 15) is 26.3 Å². The van der Waals surface area contributed by atoms with E-state index in [1.54, 1.807) is 47.7 Å². The van der Waals surface area contributed by atoms with Gasteiger partial charge in [0.15, 0.2) is 5.41 Å². The lowest BCUT2D eigenvalue weighted by Gasteiger charge is -2.37. The predicted molar refractivity (Wildman–Crippen MR) is 130 cm³/mol. The third kappa shape index (κ3) is 6.89. The van der Waals surface area contributed by atoms with Crippen molar-refractivity contribution in [3.8, 4) is 25.7 Å². The first-order valence-corrected chi connectivity index (χ1v) is 10.2. The molecule has 0 N–H and O–H groups in total. The summed E-state index contributed by atoms with van der Waals surface area (Å²) in [7, 11) is 0. The number of hydrogen-bond acceptors (Lipinski definition) is 2. The van der Waals surface area contributed by atoms with Crippen LogP contribution in [0.1, 0.15) is 32.8 Å². The third-order valence-corrected chi connectivity index (χ3v) is 5.06. The fraction of sp³-hybridized carbons (Fsp3) is 0.308. The lowest BCUT2D eigenvalue weighted by molar-refractivity contribution is -0.325. The van der Waals surface area contributed by atoms with Crippen molar-refractivity contribution in [2.24, 2.45) is 10.4 Å². The van der Waals surface area contributed by atoms with Crippen molar-refractivity contribution in [3.63, 3.8) is 0 Å². The molecule has 0 unspecified atom stereocenters. The number of nitrogens with zero attached hydrogens (tertiary/aromatic N) is 3. The van der Waals surface area contributed by atoms with Gasteiger partial charge in [0.25, 0.3) is 0 Å². The minimum atomic E-state index is -5.48. The lowest BCUT2D eigenvalue weighted by atomic mass is 9.75. The Kier molecular flexibility index (Phi) is 12.4. The molecule has 0 saturated heterocycles. The van der Waals surface area contributed by atoms with Gasteiger partial charge < -0.3 is 4.57 Å². The van der Waals surface area contributed by atoms with Crippen LogP contribution >= 0.6 is 0 Å². The molecule has 0 saturated carbocycles. The summed E-state index contributed by atoms with van der Waals surface area (Å²) in [6, 6.07) is 1.72. The van der Waals surface area contributed by atoms with Crippen molar-refractivity contribution in [2.45, 2.75) is 46.1 Å².